The molecule has 156 valence electrons. The van der Waals surface area contributed by atoms with Crippen molar-refractivity contribution in [3.8, 4) is 0 Å². The number of pyridine rings is 1. The molecule has 5 nitrogen and oxygen atoms in total. The van der Waals surface area contributed by atoms with Gasteiger partial charge in [0.1, 0.15) is 5.60 Å². The lowest BCUT2D eigenvalue weighted by Crippen LogP contribution is -2.63. The lowest BCUT2D eigenvalue weighted by molar-refractivity contribution is -0.127. The van der Waals surface area contributed by atoms with Gasteiger partial charge < -0.3 is 20.0 Å². The Morgan fingerprint density at radius 2 is 1.83 bits per heavy atom. The van der Waals surface area contributed by atoms with E-state index in [0.29, 0.717) is 12.5 Å². The Balaban J connectivity index is 1.77. The SMILES string of the molecule is CC(C)c1ccc(C(O)(c2cncc(N3CCC(O)C3)c2)C2(C)CN(C)C2)cc1. The van der Waals surface area contributed by atoms with Crippen LogP contribution in [0.5, 0.6) is 0 Å². The maximum atomic E-state index is 12.3. The first-order valence-corrected chi connectivity index (χ1v) is 10.6. The van der Waals surface area contributed by atoms with Gasteiger partial charge in [0.15, 0.2) is 0 Å². The number of hydrogen-bond acceptors (Lipinski definition) is 5. The number of nitrogens with zero attached hydrogens (tertiary/aromatic N) is 3. The molecule has 0 bridgehead atoms. The lowest BCUT2D eigenvalue weighted by Gasteiger charge is -2.56. The second-order valence-electron chi connectivity index (χ2n) is 9.54. The van der Waals surface area contributed by atoms with Crippen LogP contribution in [0.2, 0.25) is 0 Å². The molecule has 2 saturated heterocycles. The predicted molar refractivity (Wildman–Crippen MR) is 116 cm³/mol. The van der Waals surface area contributed by atoms with E-state index in [1.807, 2.05) is 6.20 Å². The summed E-state index contributed by atoms with van der Waals surface area (Å²) in [5.74, 6) is 0.453. The molecule has 2 aliphatic heterocycles. The van der Waals surface area contributed by atoms with Crippen molar-refractivity contribution >= 4 is 5.69 Å². The number of aliphatic hydroxyl groups excluding tert-OH is 1. The zero-order valence-electron chi connectivity index (χ0n) is 18.0. The molecule has 0 spiro atoms. The summed E-state index contributed by atoms with van der Waals surface area (Å²) in [6.45, 7) is 9.60. The van der Waals surface area contributed by atoms with E-state index in [0.717, 1.165) is 42.9 Å². The lowest BCUT2D eigenvalue weighted by atomic mass is 9.62. The molecule has 2 atom stereocenters. The zero-order chi connectivity index (χ0) is 20.8. The third-order valence-corrected chi connectivity index (χ3v) is 6.78. The van der Waals surface area contributed by atoms with Crippen LogP contribution in [-0.2, 0) is 5.60 Å². The van der Waals surface area contributed by atoms with Crippen LogP contribution >= 0.6 is 0 Å². The zero-order valence-corrected chi connectivity index (χ0v) is 18.0. The van der Waals surface area contributed by atoms with Gasteiger partial charge in [0, 0.05) is 43.4 Å². The normalized spacial score (nSPS) is 23.8. The number of benzene rings is 1. The first-order valence-electron chi connectivity index (χ1n) is 10.6. The van der Waals surface area contributed by atoms with Crippen molar-refractivity contribution < 1.29 is 10.2 Å². The van der Waals surface area contributed by atoms with Gasteiger partial charge in [-0.15, -0.1) is 0 Å². The number of aliphatic hydroxyl groups is 2. The van der Waals surface area contributed by atoms with Gasteiger partial charge in [-0.05, 0) is 36.6 Å². The first kappa shape index (κ1) is 20.3. The Morgan fingerprint density at radius 3 is 2.38 bits per heavy atom. The molecule has 2 aromatic rings. The number of anilines is 1. The Bertz CT molecular complexity index is 861. The molecule has 2 unspecified atom stereocenters. The summed E-state index contributed by atoms with van der Waals surface area (Å²) in [6, 6.07) is 10.5. The van der Waals surface area contributed by atoms with Gasteiger partial charge in [0.25, 0.3) is 0 Å². The largest absolute Gasteiger partial charge is 0.391 e. The highest BCUT2D eigenvalue weighted by atomic mass is 16.3. The molecule has 0 amide bonds. The topological polar surface area (TPSA) is 59.8 Å². The number of aromatic nitrogens is 1. The van der Waals surface area contributed by atoms with Crippen LogP contribution < -0.4 is 4.90 Å². The molecular weight excluding hydrogens is 362 g/mol. The van der Waals surface area contributed by atoms with Crippen LogP contribution in [0.15, 0.2) is 42.7 Å². The standard InChI is InChI=1S/C24H33N3O2/c1-17(2)18-5-7-19(8-6-18)24(29,23(3)15-26(4)16-23)20-11-21(13-25-12-20)27-10-9-22(28)14-27/h5-8,11-13,17,22,28-29H,9-10,14-16H2,1-4H3. The van der Waals surface area contributed by atoms with E-state index in [9.17, 15) is 10.2 Å². The highest BCUT2D eigenvalue weighted by Gasteiger charge is 2.55. The number of likely N-dealkylation sites (tertiary alicyclic amines) is 1. The van der Waals surface area contributed by atoms with Gasteiger partial charge in [-0.3, -0.25) is 4.98 Å². The van der Waals surface area contributed by atoms with Crippen LogP contribution in [0, 0.1) is 5.41 Å². The van der Waals surface area contributed by atoms with Crippen molar-refractivity contribution in [2.24, 2.45) is 5.41 Å². The molecule has 4 rings (SSSR count). The first-order chi connectivity index (χ1) is 13.7. The fraction of sp³-hybridized carbons (Fsp3) is 0.542. The minimum atomic E-state index is -1.13. The second kappa shape index (κ2) is 7.38. The molecule has 0 aliphatic carbocycles. The predicted octanol–water partition coefficient (Wildman–Crippen LogP) is 2.96. The van der Waals surface area contributed by atoms with Gasteiger partial charge in [-0.25, -0.2) is 0 Å². The minimum Gasteiger partial charge on any atom is -0.391 e. The van der Waals surface area contributed by atoms with Crippen molar-refractivity contribution in [3.05, 3.63) is 59.4 Å². The maximum Gasteiger partial charge on any atom is 0.124 e. The summed E-state index contributed by atoms with van der Waals surface area (Å²) < 4.78 is 0. The van der Waals surface area contributed by atoms with Crippen molar-refractivity contribution in [2.45, 2.75) is 44.8 Å². The van der Waals surface area contributed by atoms with E-state index in [1.165, 1.54) is 5.56 Å². The van der Waals surface area contributed by atoms with Gasteiger partial charge in [-0.1, -0.05) is 45.0 Å². The van der Waals surface area contributed by atoms with E-state index in [4.69, 9.17) is 0 Å². The monoisotopic (exact) mass is 395 g/mol. The quantitative estimate of drug-likeness (QED) is 0.815. The fourth-order valence-electron chi connectivity index (χ4n) is 5.12. The molecule has 2 N–H and O–H groups in total. The van der Waals surface area contributed by atoms with Crippen molar-refractivity contribution in [3.63, 3.8) is 0 Å². The maximum absolute atomic E-state index is 12.3. The van der Waals surface area contributed by atoms with Crippen LogP contribution in [0.25, 0.3) is 0 Å². The highest BCUT2D eigenvalue weighted by Crippen LogP contribution is 2.50. The molecule has 2 aliphatic rings. The van der Waals surface area contributed by atoms with Gasteiger partial charge >= 0.3 is 0 Å². The Kier molecular flexibility index (Phi) is 5.18. The molecule has 3 heterocycles. The summed E-state index contributed by atoms with van der Waals surface area (Å²) in [7, 11) is 2.09. The van der Waals surface area contributed by atoms with Crippen molar-refractivity contribution in [1.82, 2.24) is 9.88 Å². The number of β-amino-alcohol motifs (C(OH)–C–C–N with tert-alkyl or cyclic N) is 1. The third kappa shape index (κ3) is 3.45. The molecule has 0 radical (unpaired) electrons. The summed E-state index contributed by atoms with van der Waals surface area (Å²) in [6.07, 6.45) is 4.11. The molecule has 5 heteroatoms. The molecule has 1 aromatic carbocycles. The number of rotatable bonds is 5. The Hall–Kier alpha value is -1.95. The fourth-order valence-corrected chi connectivity index (χ4v) is 5.12. The molecule has 1 aromatic heterocycles. The summed E-state index contributed by atoms with van der Waals surface area (Å²) in [5.41, 5.74) is 2.54. The Morgan fingerprint density at radius 1 is 1.14 bits per heavy atom. The van der Waals surface area contributed by atoms with E-state index < -0.39 is 5.60 Å². The van der Waals surface area contributed by atoms with Crippen molar-refractivity contribution in [1.29, 1.82) is 0 Å². The Labute approximate surface area is 174 Å². The van der Waals surface area contributed by atoms with E-state index in [1.54, 1.807) is 6.20 Å². The molecule has 2 fully saturated rings. The van der Waals surface area contributed by atoms with Gasteiger partial charge in [-0.2, -0.15) is 0 Å². The second-order valence-corrected chi connectivity index (χ2v) is 9.54. The van der Waals surface area contributed by atoms with E-state index in [2.05, 4.69) is 72.9 Å². The van der Waals surface area contributed by atoms with Crippen LogP contribution in [0.1, 0.15) is 49.8 Å². The smallest absolute Gasteiger partial charge is 0.124 e. The summed E-state index contributed by atoms with van der Waals surface area (Å²) in [4.78, 5) is 8.87. The van der Waals surface area contributed by atoms with Gasteiger partial charge in [0.2, 0.25) is 0 Å². The average Bonchev–Trinajstić information content (AvgIpc) is 3.13. The molecule has 0 saturated carbocycles. The average molecular weight is 396 g/mol. The van der Waals surface area contributed by atoms with Crippen LogP contribution in [0.3, 0.4) is 0 Å². The minimum absolute atomic E-state index is 0.293. The molecular formula is C24H33N3O2. The summed E-state index contributed by atoms with van der Waals surface area (Å²) in [5, 5.41) is 22.2. The number of hydrogen-bond donors (Lipinski definition) is 2. The van der Waals surface area contributed by atoms with Crippen molar-refractivity contribution in [2.75, 3.05) is 38.1 Å². The third-order valence-electron chi connectivity index (χ3n) is 6.78. The summed E-state index contributed by atoms with van der Waals surface area (Å²) >= 11 is 0. The van der Waals surface area contributed by atoms with E-state index in [-0.39, 0.29) is 11.5 Å². The van der Waals surface area contributed by atoms with Crippen LogP contribution in [0.4, 0.5) is 5.69 Å². The highest BCUT2D eigenvalue weighted by molar-refractivity contribution is 5.51. The van der Waals surface area contributed by atoms with E-state index >= 15 is 0 Å². The molecule has 29 heavy (non-hydrogen) atoms. The van der Waals surface area contributed by atoms with Gasteiger partial charge in [0.05, 0.1) is 18.0 Å². The van der Waals surface area contributed by atoms with Crippen LogP contribution in [-0.4, -0.2) is 59.4 Å².